The highest BCUT2D eigenvalue weighted by molar-refractivity contribution is 6.01. The van der Waals surface area contributed by atoms with E-state index in [-0.39, 0.29) is 0 Å². The topological polar surface area (TPSA) is 81.8 Å². The van der Waals surface area contributed by atoms with E-state index in [0.717, 1.165) is 60.4 Å². The predicted molar refractivity (Wildman–Crippen MR) is 81.2 cm³/mol. The molecule has 1 aliphatic heterocycles. The molecule has 0 saturated carbocycles. The van der Waals surface area contributed by atoms with Crippen LogP contribution >= 0.6 is 0 Å². The normalized spacial score (nSPS) is 19.6. The molecule has 0 aromatic carbocycles. The van der Waals surface area contributed by atoms with E-state index in [1.54, 1.807) is 0 Å². The third kappa shape index (κ3) is 2.02. The van der Waals surface area contributed by atoms with Gasteiger partial charge in [0.15, 0.2) is 0 Å². The van der Waals surface area contributed by atoms with E-state index in [2.05, 4.69) is 20.6 Å². The van der Waals surface area contributed by atoms with Crippen LogP contribution in [0.5, 0.6) is 0 Å². The van der Waals surface area contributed by atoms with Crippen molar-refractivity contribution in [2.24, 2.45) is 5.73 Å². The van der Waals surface area contributed by atoms with Gasteiger partial charge in [-0.15, -0.1) is 0 Å². The van der Waals surface area contributed by atoms with Gasteiger partial charge in [-0.2, -0.15) is 0 Å². The molecule has 1 aliphatic rings. The van der Waals surface area contributed by atoms with Crippen molar-refractivity contribution in [3.05, 3.63) is 24.3 Å². The van der Waals surface area contributed by atoms with Gasteiger partial charge in [0.05, 0.1) is 24.4 Å². The molecule has 21 heavy (non-hydrogen) atoms. The molecule has 0 unspecified atom stereocenters. The quantitative estimate of drug-likeness (QED) is 0.768. The number of fused-ring (bicyclic) bond motifs is 3. The molecule has 3 aromatic rings. The van der Waals surface area contributed by atoms with E-state index < -0.39 is 0 Å². The maximum atomic E-state index is 5.77. The van der Waals surface area contributed by atoms with Crippen molar-refractivity contribution in [2.75, 3.05) is 19.8 Å². The van der Waals surface area contributed by atoms with Gasteiger partial charge in [0.25, 0.3) is 0 Å². The summed E-state index contributed by atoms with van der Waals surface area (Å²) in [5.41, 5.74) is 8.76. The Morgan fingerprint density at radius 1 is 1.48 bits per heavy atom. The Balaban J connectivity index is 1.98. The average Bonchev–Trinajstić information content (AvgIpc) is 3.11. The Hall–Kier alpha value is -1.92. The van der Waals surface area contributed by atoms with Crippen molar-refractivity contribution < 1.29 is 4.74 Å². The van der Waals surface area contributed by atoms with Crippen LogP contribution in [0.3, 0.4) is 0 Å². The number of H-pyrrole nitrogens is 1. The molecule has 0 spiro atoms. The molecule has 1 saturated heterocycles. The zero-order valence-electron chi connectivity index (χ0n) is 11.9. The molecule has 3 N–H and O–H groups in total. The summed E-state index contributed by atoms with van der Waals surface area (Å²) >= 11 is 0. The predicted octanol–water partition coefficient (Wildman–Crippen LogP) is 1.77. The maximum absolute atomic E-state index is 5.77. The molecule has 6 nitrogen and oxygen atoms in total. The largest absolute Gasteiger partial charge is 0.379 e. The zero-order valence-corrected chi connectivity index (χ0v) is 11.9. The van der Waals surface area contributed by atoms with Crippen LogP contribution in [-0.2, 0) is 11.2 Å². The Labute approximate surface area is 122 Å². The van der Waals surface area contributed by atoms with Crippen LogP contribution in [0.1, 0.15) is 24.7 Å². The Kier molecular flexibility index (Phi) is 3.12. The number of aromatic nitrogens is 4. The fourth-order valence-electron chi connectivity index (χ4n) is 3.27. The van der Waals surface area contributed by atoms with Gasteiger partial charge in [-0.25, -0.2) is 9.97 Å². The van der Waals surface area contributed by atoms with Crippen LogP contribution in [-0.4, -0.2) is 39.3 Å². The number of nitrogens with two attached hydrogens (primary N) is 1. The smallest absolute Gasteiger partial charge is 0.139 e. The van der Waals surface area contributed by atoms with Gasteiger partial charge in [-0.05, 0) is 25.5 Å². The zero-order chi connectivity index (χ0) is 14.2. The monoisotopic (exact) mass is 285 g/mol. The first-order valence-corrected chi connectivity index (χ1v) is 7.49. The summed E-state index contributed by atoms with van der Waals surface area (Å²) in [6.07, 6.45) is 6.75. The number of aromatic amines is 1. The van der Waals surface area contributed by atoms with Crippen molar-refractivity contribution in [3.8, 4) is 0 Å². The highest BCUT2D eigenvalue weighted by Crippen LogP contribution is 2.30. The summed E-state index contributed by atoms with van der Waals surface area (Å²) in [5.74, 6) is 1.04. The molecule has 0 amide bonds. The number of pyridine rings is 1. The van der Waals surface area contributed by atoms with Gasteiger partial charge in [0, 0.05) is 24.6 Å². The second-order valence-electron chi connectivity index (χ2n) is 5.54. The molecule has 4 heterocycles. The molecule has 0 bridgehead atoms. The lowest BCUT2D eigenvalue weighted by Crippen LogP contribution is -2.23. The van der Waals surface area contributed by atoms with Crippen LogP contribution in [0, 0.1) is 0 Å². The summed E-state index contributed by atoms with van der Waals surface area (Å²) in [4.78, 5) is 12.4. The molecule has 0 aliphatic carbocycles. The van der Waals surface area contributed by atoms with E-state index in [9.17, 15) is 0 Å². The molecule has 0 radical (unpaired) electrons. The van der Waals surface area contributed by atoms with E-state index in [1.807, 2.05) is 12.4 Å². The van der Waals surface area contributed by atoms with Gasteiger partial charge in [0.2, 0.25) is 0 Å². The highest BCUT2D eigenvalue weighted by atomic mass is 16.5. The number of ether oxygens (including phenoxy) is 1. The summed E-state index contributed by atoms with van der Waals surface area (Å²) in [6.45, 7) is 2.20. The number of rotatable bonds is 3. The van der Waals surface area contributed by atoms with Crippen LogP contribution in [0.25, 0.3) is 22.1 Å². The minimum absolute atomic E-state index is 0.339. The number of nitrogens with zero attached hydrogens (tertiary/aromatic N) is 3. The first kappa shape index (κ1) is 12.8. The average molecular weight is 285 g/mol. The SMILES string of the molecule is NCCc1nc2cnc3[nH]ccc3c2n1[C@H]1CCCOC1. The molecular formula is C15H19N5O. The van der Waals surface area contributed by atoms with Crippen molar-refractivity contribution in [3.63, 3.8) is 0 Å². The summed E-state index contributed by atoms with van der Waals surface area (Å²) in [5, 5.41) is 1.12. The molecular weight excluding hydrogens is 266 g/mol. The van der Waals surface area contributed by atoms with Crippen LogP contribution in [0.4, 0.5) is 0 Å². The highest BCUT2D eigenvalue weighted by Gasteiger charge is 2.23. The molecule has 1 atom stereocenters. The lowest BCUT2D eigenvalue weighted by molar-refractivity contribution is 0.0596. The fraction of sp³-hybridized carbons (Fsp3) is 0.467. The molecule has 6 heteroatoms. The van der Waals surface area contributed by atoms with E-state index in [1.165, 1.54) is 0 Å². The minimum atomic E-state index is 0.339. The van der Waals surface area contributed by atoms with Crippen molar-refractivity contribution in [1.82, 2.24) is 19.5 Å². The first-order valence-electron chi connectivity index (χ1n) is 7.49. The van der Waals surface area contributed by atoms with Gasteiger partial charge in [-0.1, -0.05) is 0 Å². The lowest BCUT2D eigenvalue weighted by atomic mass is 10.1. The second-order valence-corrected chi connectivity index (χ2v) is 5.54. The minimum Gasteiger partial charge on any atom is -0.379 e. The van der Waals surface area contributed by atoms with Gasteiger partial charge >= 0.3 is 0 Å². The Morgan fingerprint density at radius 3 is 3.24 bits per heavy atom. The maximum Gasteiger partial charge on any atom is 0.139 e. The Bertz CT molecular complexity index is 769. The number of imidazole rings is 1. The number of nitrogens with one attached hydrogen (secondary N) is 1. The molecule has 3 aromatic heterocycles. The van der Waals surface area contributed by atoms with Crippen molar-refractivity contribution >= 4 is 22.1 Å². The molecule has 4 rings (SSSR count). The van der Waals surface area contributed by atoms with Crippen molar-refractivity contribution in [1.29, 1.82) is 0 Å². The third-order valence-corrected chi connectivity index (χ3v) is 4.18. The summed E-state index contributed by atoms with van der Waals surface area (Å²) in [7, 11) is 0. The summed E-state index contributed by atoms with van der Waals surface area (Å²) < 4.78 is 8.01. The standard InChI is InChI=1S/C15H19N5O/c16-5-3-13-19-12-8-18-15-11(4-6-17-15)14(12)20(13)10-2-1-7-21-9-10/h4,6,8,10H,1-3,5,7,9,16H2,(H,17,18)/t10-/m0/s1. The van der Waals surface area contributed by atoms with E-state index in [0.29, 0.717) is 12.6 Å². The van der Waals surface area contributed by atoms with E-state index >= 15 is 0 Å². The number of hydrogen-bond donors (Lipinski definition) is 2. The molecule has 1 fully saturated rings. The second kappa shape index (κ2) is 5.13. The van der Waals surface area contributed by atoms with Gasteiger partial charge in [0.1, 0.15) is 17.0 Å². The summed E-state index contributed by atoms with van der Waals surface area (Å²) in [6, 6.07) is 2.41. The molecule has 110 valence electrons. The fourth-order valence-corrected chi connectivity index (χ4v) is 3.27. The van der Waals surface area contributed by atoms with Gasteiger partial charge < -0.3 is 20.0 Å². The van der Waals surface area contributed by atoms with E-state index in [4.69, 9.17) is 15.5 Å². The van der Waals surface area contributed by atoms with Crippen LogP contribution in [0.15, 0.2) is 18.5 Å². The lowest BCUT2D eigenvalue weighted by Gasteiger charge is -2.26. The van der Waals surface area contributed by atoms with Gasteiger partial charge in [-0.3, -0.25) is 0 Å². The number of hydrogen-bond acceptors (Lipinski definition) is 4. The van der Waals surface area contributed by atoms with Crippen molar-refractivity contribution in [2.45, 2.75) is 25.3 Å². The van der Waals surface area contributed by atoms with Crippen LogP contribution < -0.4 is 5.73 Å². The third-order valence-electron chi connectivity index (χ3n) is 4.18. The Morgan fingerprint density at radius 2 is 2.43 bits per heavy atom. The van der Waals surface area contributed by atoms with Crippen LogP contribution in [0.2, 0.25) is 0 Å². The first-order chi connectivity index (χ1) is 10.4.